The van der Waals surface area contributed by atoms with Crippen LogP contribution in [0.5, 0.6) is 0 Å². The van der Waals surface area contributed by atoms with Crippen molar-refractivity contribution in [2.45, 2.75) is 46.6 Å². The molecule has 80 valence electrons. The predicted octanol–water partition coefficient (Wildman–Crippen LogP) is 2.44. The van der Waals surface area contributed by atoms with Crippen molar-refractivity contribution in [3.63, 3.8) is 0 Å². The largest absolute Gasteiger partial charge is 0.380 e. The lowest BCUT2D eigenvalue weighted by Gasteiger charge is -2.24. The van der Waals surface area contributed by atoms with Gasteiger partial charge in [-0.1, -0.05) is 20.8 Å². The zero-order valence-corrected chi connectivity index (χ0v) is 9.81. The van der Waals surface area contributed by atoms with Gasteiger partial charge in [-0.3, -0.25) is 0 Å². The summed E-state index contributed by atoms with van der Waals surface area (Å²) in [6, 6.07) is 0. The van der Waals surface area contributed by atoms with Crippen LogP contribution in [0.1, 0.15) is 41.0 Å². The summed E-state index contributed by atoms with van der Waals surface area (Å²) in [5, 5.41) is 3.46. The molecule has 0 aromatic rings. The topological polar surface area (TPSA) is 21.3 Å². The zero-order chi connectivity index (χ0) is 10.3. The second kappa shape index (κ2) is 6.39. The van der Waals surface area contributed by atoms with Gasteiger partial charge < -0.3 is 10.1 Å². The van der Waals surface area contributed by atoms with E-state index in [-0.39, 0.29) is 5.54 Å². The third-order valence-corrected chi connectivity index (χ3v) is 2.19. The molecule has 0 amide bonds. The highest BCUT2D eigenvalue weighted by molar-refractivity contribution is 4.74. The monoisotopic (exact) mass is 187 g/mol. The molecule has 2 nitrogen and oxygen atoms in total. The Bertz CT molecular complexity index is 121. The maximum absolute atomic E-state index is 5.47. The van der Waals surface area contributed by atoms with Gasteiger partial charge in [0.25, 0.3) is 0 Å². The van der Waals surface area contributed by atoms with E-state index in [1.54, 1.807) is 0 Å². The van der Waals surface area contributed by atoms with E-state index in [4.69, 9.17) is 4.74 Å². The summed E-state index contributed by atoms with van der Waals surface area (Å²) in [4.78, 5) is 0. The predicted molar refractivity (Wildman–Crippen MR) is 58.0 cm³/mol. The fraction of sp³-hybridized carbons (Fsp3) is 1.00. The van der Waals surface area contributed by atoms with Crippen molar-refractivity contribution in [2.24, 2.45) is 5.92 Å². The van der Waals surface area contributed by atoms with Crippen molar-refractivity contribution in [3.05, 3.63) is 0 Å². The lowest BCUT2D eigenvalue weighted by molar-refractivity contribution is 0.107. The van der Waals surface area contributed by atoms with Gasteiger partial charge in [-0.15, -0.1) is 0 Å². The molecule has 0 rings (SSSR count). The Morgan fingerprint density at radius 1 is 1.31 bits per heavy atom. The Balaban J connectivity index is 3.26. The third-order valence-electron chi connectivity index (χ3n) is 2.19. The van der Waals surface area contributed by atoms with Crippen LogP contribution in [0.3, 0.4) is 0 Å². The maximum Gasteiger partial charge on any atom is 0.0591 e. The molecule has 0 aliphatic carbocycles. The lowest BCUT2D eigenvalue weighted by atomic mass is 10.0. The Hall–Kier alpha value is -0.0800. The van der Waals surface area contributed by atoms with Gasteiger partial charge in [0.2, 0.25) is 0 Å². The SMILES string of the molecule is CCC(C)(C)NCCOCC(C)C. The Kier molecular flexibility index (Phi) is 6.35. The average Bonchev–Trinajstić information content (AvgIpc) is 2.03. The van der Waals surface area contributed by atoms with E-state index >= 15 is 0 Å². The molecule has 0 saturated carbocycles. The first-order valence-electron chi connectivity index (χ1n) is 5.30. The fourth-order valence-electron chi connectivity index (χ4n) is 0.906. The Morgan fingerprint density at radius 3 is 2.38 bits per heavy atom. The molecule has 13 heavy (non-hydrogen) atoms. The number of rotatable bonds is 7. The van der Waals surface area contributed by atoms with Crippen molar-refractivity contribution in [1.29, 1.82) is 0 Å². The lowest BCUT2D eigenvalue weighted by Crippen LogP contribution is -2.40. The van der Waals surface area contributed by atoms with Gasteiger partial charge in [-0.2, -0.15) is 0 Å². The second-order valence-corrected chi connectivity index (χ2v) is 4.63. The van der Waals surface area contributed by atoms with Crippen LogP contribution in [0.25, 0.3) is 0 Å². The van der Waals surface area contributed by atoms with Crippen LogP contribution in [-0.4, -0.2) is 25.3 Å². The number of hydrogen-bond donors (Lipinski definition) is 1. The van der Waals surface area contributed by atoms with Gasteiger partial charge in [-0.25, -0.2) is 0 Å². The fourth-order valence-corrected chi connectivity index (χ4v) is 0.906. The van der Waals surface area contributed by atoms with Crippen molar-refractivity contribution in [1.82, 2.24) is 5.32 Å². The smallest absolute Gasteiger partial charge is 0.0591 e. The van der Waals surface area contributed by atoms with Crippen LogP contribution in [0.2, 0.25) is 0 Å². The summed E-state index contributed by atoms with van der Waals surface area (Å²) in [5.41, 5.74) is 0.251. The second-order valence-electron chi connectivity index (χ2n) is 4.63. The molecule has 0 aliphatic rings. The van der Waals surface area contributed by atoms with Gasteiger partial charge in [-0.05, 0) is 26.2 Å². The van der Waals surface area contributed by atoms with Crippen molar-refractivity contribution < 1.29 is 4.74 Å². The van der Waals surface area contributed by atoms with E-state index in [0.717, 1.165) is 26.2 Å². The summed E-state index contributed by atoms with van der Waals surface area (Å²) in [5.74, 6) is 0.638. The highest BCUT2D eigenvalue weighted by Gasteiger charge is 2.12. The summed E-state index contributed by atoms with van der Waals surface area (Å²) in [6.07, 6.45) is 1.15. The van der Waals surface area contributed by atoms with Gasteiger partial charge in [0.1, 0.15) is 0 Å². The van der Waals surface area contributed by atoms with Crippen LogP contribution in [0, 0.1) is 5.92 Å². The third kappa shape index (κ3) is 8.26. The van der Waals surface area contributed by atoms with E-state index in [1.807, 2.05) is 0 Å². The van der Waals surface area contributed by atoms with E-state index < -0.39 is 0 Å². The first-order chi connectivity index (χ1) is 5.98. The molecule has 2 heteroatoms. The minimum absolute atomic E-state index is 0.251. The van der Waals surface area contributed by atoms with Gasteiger partial charge >= 0.3 is 0 Å². The van der Waals surface area contributed by atoms with Crippen molar-refractivity contribution in [2.75, 3.05) is 19.8 Å². The molecule has 0 aliphatic heterocycles. The molecule has 0 radical (unpaired) electrons. The van der Waals surface area contributed by atoms with Crippen LogP contribution in [0.4, 0.5) is 0 Å². The first kappa shape index (κ1) is 12.9. The molecule has 0 bridgehead atoms. The number of hydrogen-bond acceptors (Lipinski definition) is 2. The Morgan fingerprint density at radius 2 is 1.92 bits per heavy atom. The van der Waals surface area contributed by atoms with Gasteiger partial charge in [0.15, 0.2) is 0 Å². The van der Waals surface area contributed by atoms with Crippen LogP contribution in [-0.2, 0) is 4.74 Å². The molecule has 0 unspecified atom stereocenters. The minimum Gasteiger partial charge on any atom is -0.380 e. The molecule has 0 fully saturated rings. The number of ether oxygens (including phenoxy) is 1. The van der Waals surface area contributed by atoms with Crippen LogP contribution < -0.4 is 5.32 Å². The molecular formula is C11H25NO. The van der Waals surface area contributed by atoms with Crippen molar-refractivity contribution >= 4 is 0 Å². The van der Waals surface area contributed by atoms with E-state index in [0.29, 0.717) is 5.92 Å². The van der Waals surface area contributed by atoms with E-state index in [2.05, 4.69) is 39.9 Å². The molecule has 1 N–H and O–H groups in total. The van der Waals surface area contributed by atoms with Crippen LogP contribution in [0.15, 0.2) is 0 Å². The molecule has 0 aromatic carbocycles. The average molecular weight is 187 g/mol. The van der Waals surface area contributed by atoms with Gasteiger partial charge in [0.05, 0.1) is 6.61 Å². The molecule has 0 spiro atoms. The highest BCUT2D eigenvalue weighted by Crippen LogP contribution is 2.05. The quantitative estimate of drug-likeness (QED) is 0.618. The molecule has 0 heterocycles. The molecule has 0 atom stereocenters. The Labute approximate surface area is 83.1 Å². The highest BCUT2D eigenvalue weighted by atomic mass is 16.5. The van der Waals surface area contributed by atoms with Crippen molar-refractivity contribution in [3.8, 4) is 0 Å². The van der Waals surface area contributed by atoms with Crippen LogP contribution >= 0.6 is 0 Å². The summed E-state index contributed by atoms with van der Waals surface area (Å²) in [7, 11) is 0. The van der Waals surface area contributed by atoms with E-state index in [9.17, 15) is 0 Å². The summed E-state index contributed by atoms with van der Waals surface area (Å²) < 4.78 is 5.47. The molecule has 0 saturated heterocycles. The first-order valence-corrected chi connectivity index (χ1v) is 5.30. The van der Waals surface area contributed by atoms with E-state index in [1.165, 1.54) is 0 Å². The minimum atomic E-state index is 0.251. The summed E-state index contributed by atoms with van der Waals surface area (Å²) in [6.45, 7) is 13.6. The normalized spacial score (nSPS) is 12.5. The standard InChI is InChI=1S/C11H25NO/c1-6-11(4,5)12-7-8-13-9-10(2)3/h10,12H,6-9H2,1-5H3. The number of nitrogens with one attached hydrogen (secondary N) is 1. The zero-order valence-electron chi connectivity index (χ0n) is 9.81. The maximum atomic E-state index is 5.47. The van der Waals surface area contributed by atoms with Gasteiger partial charge in [0, 0.05) is 18.7 Å². The summed E-state index contributed by atoms with van der Waals surface area (Å²) >= 11 is 0. The molecule has 0 aromatic heterocycles. The molecular weight excluding hydrogens is 162 g/mol.